The number of anilines is 1. The zero-order valence-electron chi connectivity index (χ0n) is 20.3. The fraction of sp³-hybridized carbons (Fsp3) is 0.400. The van der Waals surface area contributed by atoms with Gasteiger partial charge in [-0.3, -0.25) is 9.69 Å². The lowest BCUT2D eigenvalue weighted by Gasteiger charge is -2.32. The highest BCUT2D eigenvalue weighted by Crippen LogP contribution is 2.35. The number of rotatable bonds is 4. The molecule has 0 radical (unpaired) electrons. The van der Waals surface area contributed by atoms with Crippen LogP contribution >= 0.6 is 0 Å². The minimum atomic E-state index is -0.281. The molecular weight excluding hydrogens is 434 g/mol. The number of methoxy groups -OCH3 is 2. The first-order chi connectivity index (χ1) is 16.4. The number of urea groups is 1. The second-order valence-corrected chi connectivity index (χ2v) is 8.60. The number of carbonyl (C=O) groups excluding carboxylic acids is 2. The average molecular weight is 466 g/mol. The lowest BCUT2D eigenvalue weighted by Crippen LogP contribution is -2.48. The molecule has 2 aliphatic heterocycles. The first kappa shape index (κ1) is 23.6. The first-order valence-electron chi connectivity index (χ1n) is 11.3. The maximum atomic E-state index is 12.6. The number of nitrogens with one attached hydrogen (secondary N) is 1. The lowest BCUT2D eigenvalue weighted by atomic mass is 9.94. The van der Waals surface area contributed by atoms with E-state index in [0.717, 1.165) is 28.9 Å². The van der Waals surface area contributed by atoms with E-state index in [-0.39, 0.29) is 18.0 Å². The number of hydrazone groups is 1. The van der Waals surface area contributed by atoms with Gasteiger partial charge in [-0.25, -0.2) is 9.80 Å². The van der Waals surface area contributed by atoms with Gasteiger partial charge in [-0.1, -0.05) is 12.1 Å². The van der Waals surface area contributed by atoms with Gasteiger partial charge in [0.1, 0.15) is 0 Å². The monoisotopic (exact) mass is 465 g/mol. The largest absolute Gasteiger partial charge is 0.493 e. The predicted octanol–water partition coefficient (Wildman–Crippen LogP) is 2.32. The molecule has 1 fully saturated rings. The van der Waals surface area contributed by atoms with E-state index in [0.29, 0.717) is 36.7 Å². The smallest absolute Gasteiger partial charge is 0.337 e. The van der Waals surface area contributed by atoms with Crippen LogP contribution in [0.5, 0.6) is 11.5 Å². The first-order valence-corrected chi connectivity index (χ1v) is 11.3. The molecule has 2 aliphatic rings. The molecule has 2 aromatic rings. The molecule has 0 spiro atoms. The van der Waals surface area contributed by atoms with E-state index in [1.54, 1.807) is 26.2 Å². The fourth-order valence-electron chi connectivity index (χ4n) is 4.41. The molecule has 2 heterocycles. The Morgan fingerprint density at radius 3 is 2.38 bits per heavy atom. The fourth-order valence-corrected chi connectivity index (χ4v) is 4.41. The van der Waals surface area contributed by atoms with E-state index in [4.69, 9.17) is 14.6 Å². The van der Waals surface area contributed by atoms with E-state index in [1.807, 2.05) is 55.3 Å². The number of carbonyl (C=O) groups is 2. The van der Waals surface area contributed by atoms with Crippen LogP contribution in [-0.2, 0) is 11.2 Å². The molecule has 0 aliphatic carbocycles. The number of amides is 3. The van der Waals surface area contributed by atoms with E-state index in [1.165, 1.54) is 5.01 Å². The van der Waals surface area contributed by atoms with Crippen molar-refractivity contribution in [2.24, 2.45) is 5.10 Å². The Morgan fingerprint density at radius 1 is 1.09 bits per heavy atom. The standard InChI is InChI=1S/C25H31N5O4/c1-16-12-18-13-21(33-4)22(34-5)14-20(18)24(27-30(16)25(32)26-2)17-6-8-19(9-7-17)29-11-10-28(3)15-23(29)31/h6-9,13-14,16H,10-12,15H2,1-5H3,(H,26,32)/t16-/m1/s1. The second kappa shape index (κ2) is 9.72. The maximum absolute atomic E-state index is 12.6. The molecule has 0 unspecified atom stereocenters. The predicted molar refractivity (Wildman–Crippen MR) is 131 cm³/mol. The number of ether oxygens (including phenoxy) is 2. The molecule has 0 saturated carbocycles. The van der Waals surface area contributed by atoms with Crippen molar-refractivity contribution in [1.82, 2.24) is 15.2 Å². The van der Waals surface area contributed by atoms with Gasteiger partial charge in [0, 0.05) is 37.0 Å². The van der Waals surface area contributed by atoms with Crippen molar-refractivity contribution < 1.29 is 19.1 Å². The Balaban J connectivity index is 1.79. The SMILES string of the molecule is CNC(=O)N1N=C(c2ccc(N3CCN(C)CC3=O)cc2)c2cc(OC)c(OC)cc2C[C@H]1C. The molecule has 2 aromatic carbocycles. The number of fused-ring (bicyclic) bond motifs is 1. The van der Waals surface area contributed by atoms with Gasteiger partial charge >= 0.3 is 6.03 Å². The lowest BCUT2D eigenvalue weighted by molar-refractivity contribution is -0.120. The molecule has 4 rings (SSSR count). The summed E-state index contributed by atoms with van der Waals surface area (Å²) in [6.07, 6.45) is 0.601. The average Bonchev–Trinajstić information content (AvgIpc) is 2.98. The van der Waals surface area contributed by atoms with Crippen LogP contribution in [0.25, 0.3) is 0 Å². The molecule has 3 amide bonds. The molecule has 9 heteroatoms. The number of benzene rings is 2. The molecule has 1 saturated heterocycles. The van der Waals surface area contributed by atoms with E-state index < -0.39 is 0 Å². The molecular formula is C25H31N5O4. The number of hydrogen-bond donors (Lipinski definition) is 1. The third-order valence-electron chi connectivity index (χ3n) is 6.29. The Labute approximate surface area is 199 Å². The van der Waals surface area contributed by atoms with Crippen LogP contribution in [0.1, 0.15) is 23.6 Å². The zero-order chi connectivity index (χ0) is 24.4. The van der Waals surface area contributed by atoms with Crippen LogP contribution in [0.4, 0.5) is 10.5 Å². The minimum Gasteiger partial charge on any atom is -0.493 e. The summed E-state index contributed by atoms with van der Waals surface area (Å²) in [5.41, 5.74) is 4.22. The van der Waals surface area contributed by atoms with E-state index in [9.17, 15) is 9.59 Å². The second-order valence-electron chi connectivity index (χ2n) is 8.60. The Morgan fingerprint density at radius 2 is 1.76 bits per heavy atom. The van der Waals surface area contributed by atoms with Gasteiger partial charge in [-0.05, 0) is 50.2 Å². The van der Waals surface area contributed by atoms with Gasteiger partial charge in [0.05, 0.1) is 32.5 Å². The zero-order valence-corrected chi connectivity index (χ0v) is 20.3. The summed E-state index contributed by atoms with van der Waals surface area (Å²) in [7, 11) is 6.74. The number of nitrogens with zero attached hydrogens (tertiary/aromatic N) is 4. The summed E-state index contributed by atoms with van der Waals surface area (Å²) >= 11 is 0. The number of piperazine rings is 1. The van der Waals surface area contributed by atoms with Crippen molar-refractivity contribution in [3.05, 3.63) is 53.1 Å². The van der Waals surface area contributed by atoms with Crippen LogP contribution in [0.3, 0.4) is 0 Å². The molecule has 0 aromatic heterocycles. The number of likely N-dealkylation sites (N-methyl/N-ethyl adjacent to an activating group) is 1. The Kier molecular flexibility index (Phi) is 6.74. The summed E-state index contributed by atoms with van der Waals surface area (Å²) in [4.78, 5) is 29.0. The van der Waals surface area contributed by atoms with Gasteiger partial charge in [0.15, 0.2) is 11.5 Å². The van der Waals surface area contributed by atoms with Gasteiger partial charge < -0.3 is 19.7 Å². The van der Waals surface area contributed by atoms with Crippen molar-refractivity contribution in [2.75, 3.05) is 52.8 Å². The highest BCUT2D eigenvalue weighted by molar-refractivity contribution is 6.14. The van der Waals surface area contributed by atoms with Crippen molar-refractivity contribution >= 4 is 23.3 Å². The molecule has 1 atom stereocenters. The summed E-state index contributed by atoms with van der Waals surface area (Å²) in [6, 6.07) is 11.2. The van der Waals surface area contributed by atoms with Crippen LogP contribution in [0.15, 0.2) is 41.5 Å². The van der Waals surface area contributed by atoms with Gasteiger partial charge in [0.2, 0.25) is 5.91 Å². The van der Waals surface area contributed by atoms with Gasteiger partial charge in [-0.2, -0.15) is 5.10 Å². The summed E-state index contributed by atoms with van der Waals surface area (Å²) in [6.45, 7) is 3.85. The molecule has 1 N–H and O–H groups in total. The molecule has 180 valence electrons. The van der Waals surface area contributed by atoms with E-state index >= 15 is 0 Å². The third-order valence-corrected chi connectivity index (χ3v) is 6.29. The molecule has 0 bridgehead atoms. The highest BCUT2D eigenvalue weighted by atomic mass is 16.5. The summed E-state index contributed by atoms with van der Waals surface area (Å²) in [5.74, 6) is 1.30. The third kappa shape index (κ3) is 4.43. The van der Waals surface area contributed by atoms with Crippen molar-refractivity contribution in [1.29, 1.82) is 0 Å². The van der Waals surface area contributed by atoms with Crippen molar-refractivity contribution in [3.8, 4) is 11.5 Å². The molecule has 34 heavy (non-hydrogen) atoms. The van der Waals surface area contributed by atoms with Crippen LogP contribution in [0.2, 0.25) is 0 Å². The van der Waals surface area contributed by atoms with Crippen molar-refractivity contribution in [2.45, 2.75) is 19.4 Å². The van der Waals surface area contributed by atoms with Crippen LogP contribution in [0, 0.1) is 0 Å². The topological polar surface area (TPSA) is 86.7 Å². The van der Waals surface area contributed by atoms with E-state index in [2.05, 4.69) is 5.32 Å². The summed E-state index contributed by atoms with van der Waals surface area (Å²) < 4.78 is 11.1. The van der Waals surface area contributed by atoms with Crippen molar-refractivity contribution in [3.63, 3.8) is 0 Å². The number of hydrogen-bond acceptors (Lipinski definition) is 6. The van der Waals surface area contributed by atoms with Gasteiger partial charge in [-0.15, -0.1) is 0 Å². The van der Waals surface area contributed by atoms with Crippen LogP contribution < -0.4 is 19.7 Å². The quantitative estimate of drug-likeness (QED) is 0.749. The Hall–Kier alpha value is -3.59. The normalized spacial score (nSPS) is 18.7. The summed E-state index contributed by atoms with van der Waals surface area (Å²) in [5, 5.41) is 8.95. The molecule has 9 nitrogen and oxygen atoms in total. The Bertz CT molecular complexity index is 1120. The maximum Gasteiger partial charge on any atom is 0.337 e. The van der Waals surface area contributed by atoms with Gasteiger partial charge in [0.25, 0.3) is 0 Å². The highest BCUT2D eigenvalue weighted by Gasteiger charge is 2.29. The van der Waals surface area contributed by atoms with Crippen LogP contribution in [-0.4, -0.2) is 81.5 Å². The minimum absolute atomic E-state index is 0.0788.